The fraction of sp³-hybridized carbons (Fsp3) is 0.348. The van der Waals surface area contributed by atoms with Crippen LogP contribution in [0.3, 0.4) is 0 Å². The van der Waals surface area contributed by atoms with Crippen LogP contribution in [0.5, 0.6) is 0 Å². The number of esters is 2. The quantitative estimate of drug-likeness (QED) is 0.332. The number of nitrogen functional groups attached to an aromatic ring is 1. The van der Waals surface area contributed by atoms with Crippen molar-refractivity contribution in [3.63, 3.8) is 0 Å². The average Bonchev–Trinajstić information content (AvgIpc) is 3.48. The summed E-state index contributed by atoms with van der Waals surface area (Å²) in [5.74, 6) is -1.12. The van der Waals surface area contributed by atoms with Crippen LogP contribution in [0.4, 0.5) is 5.82 Å². The van der Waals surface area contributed by atoms with Gasteiger partial charge in [-0.2, -0.15) is 0 Å². The molecule has 2 aromatic heterocycles. The molecule has 38 heavy (non-hydrogen) atoms. The fourth-order valence-electron chi connectivity index (χ4n) is 4.58. The Balaban J connectivity index is 1.46. The Hall–Kier alpha value is -3.70. The van der Waals surface area contributed by atoms with Crippen molar-refractivity contribution in [3.8, 4) is 6.07 Å². The third-order valence-electron chi connectivity index (χ3n) is 6.27. The van der Waals surface area contributed by atoms with E-state index in [-0.39, 0.29) is 30.3 Å². The Bertz CT molecular complexity index is 1440. The molecule has 3 aromatic rings. The number of rotatable bonds is 6. The van der Waals surface area contributed by atoms with E-state index >= 15 is 0 Å². The van der Waals surface area contributed by atoms with Crippen molar-refractivity contribution < 1.29 is 42.3 Å². The van der Waals surface area contributed by atoms with E-state index in [4.69, 9.17) is 33.5 Å². The molecule has 2 aliphatic rings. The number of benzene rings is 1. The first-order valence-electron chi connectivity index (χ1n) is 11.4. The molecule has 2 saturated heterocycles. The van der Waals surface area contributed by atoms with Crippen molar-refractivity contribution in [2.45, 2.75) is 37.4 Å². The zero-order valence-corrected chi connectivity index (χ0v) is 21.3. The number of fused-ring (bicyclic) bond motifs is 2. The summed E-state index contributed by atoms with van der Waals surface area (Å²) in [7, 11) is -3.12. The summed E-state index contributed by atoms with van der Waals surface area (Å²) in [4.78, 5) is 39.3. The van der Waals surface area contributed by atoms with Gasteiger partial charge in [0.2, 0.25) is 0 Å². The number of hydrogen-bond donors (Lipinski definition) is 2. The molecule has 0 saturated carbocycles. The minimum atomic E-state index is -4.37. The van der Waals surface area contributed by atoms with Crippen LogP contribution in [0.2, 0.25) is 0 Å². The number of methoxy groups -OCH3 is 1. The normalized spacial score (nSPS) is 26.7. The number of carbonyl (C=O) groups is 2. The summed E-state index contributed by atoms with van der Waals surface area (Å²) in [6, 6.07) is 11.8. The van der Waals surface area contributed by atoms with E-state index in [1.165, 1.54) is 24.9 Å². The van der Waals surface area contributed by atoms with Crippen molar-refractivity contribution >= 4 is 31.4 Å². The summed E-state index contributed by atoms with van der Waals surface area (Å²) in [6.45, 7) is 0.704. The molecular formula is C23H24N5O9P. The maximum atomic E-state index is 12.1. The van der Waals surface area contributed by atoms with E-state index < -0.39 is 44.0 Å². The molecule has 200 valence electrons. The number of nitrogens with zero attached hydrogens (tertiary/aromatic N) is 4. The van der Waals surface area contributed by atoms with Crippen LogP contribution < -0.4 is 5.73 Å². The standard InChI is InChI=1S/C23H24N5O9P/c1-13(29)35-20-19-17(36-23(20,11-24)18-8-7-16-21(25)26-12-27-28(16)18)10-34-38(31,37-19)33-9-14-5-3-4-6-15(14)22(30)32-2/h3-8,12,17,19-20,31,38H,9-10H2,1-2H3,(H2,25,26,27)/t17-,19-,20-,23+/m1/s1. The zero-order valence-electron chi connectivity index (χ0n) is 20.3. The molecule has 1 aromatic carbocycles. The summed E-state index contributed by atoms with van der Waals surface area (Å²) in [5.41, 5.74) is 5.34. The van der Waals surface area contributed by atoms with Gasteiger partial charge in [-0.05, 0) is 0 Å². The molecular weight excluding hydrogens is 521 g/mol. The van der Waals surface area contributed by atoms with Crippen molar-refractivity contribution in [1.29, 1.82) is 5.26 Å². The number of aromatic nitrogens is 3. The van der Waals surface area contributed by atoms with Gasteiger partial charge in [-0.25, -0.2) is 0 Å². The molecule has 3 N–H and O–H groups in total. The second-order valence-corrected chi connectivity index (χ2v) is 10.4. The predicted octanol–water partition coefficient (Wildman–Crippen LogP) is 1.18. The molecule has 2 fully saturated rings. The molecule has 0 radical (unpaired) electrons. The van der Waals surface area contributed by atoms with E-state index in [1.54, 1.807) is 36.4 Å². The molecule has 0 spiro atoms. The van der Waals surface area contributed by atoms with E-state index in [9.17, 15) is 19.7 Å². The number of anilines is 1. The Morgan fingerprint density at radius 2 is 2.13 bits per heavy atom. The van der Waals surface area contributed by atoms with Gasteiger partial charge in [0.25, 0.3) is 0 Å². The molecule has 0 bridgehead atoms. The number of ether oxygens (including phenoxy) is 3. The SMILES string of the molecule is COC(=O)c1ccccc1CO[PH]1(O)OC[C@H]2O[C@@](C#N)(c3ccc4c(N)ncnn34)[C@H](OC(C)=O)[C@@H]2O1. The van der Waals surface area contributed by atoms with Gasteiger partial charge in [-0.1, -0.05) is 0 Å². The molecule has 4 heterocycles. The molecule has 15 heteroatoms. The van der Waals surface area contributed by atoms with Crippen molar-refractivity contribution in [2.24, 2.45) is 0 Å². The number of carbonyl (C=O) groups excluding carboxylic acids is 2. The molecule has 0 aliphatic carbocycles. The average molecular weight is 545 g/mol. The third kappa shape index (κ3) is 4.35. The first-order chi connectivity index (χ1) is 18.2. The first-order valence-corrected chi connectivity index (χ1v) is 13.1. The van der Waals surface area contributed by atoms with Crippen LogP contribution in [0.25, 0.3) is 5.52 Å². The monoisotopic (exact) mass is 545 g/mol. The topological polar surface area (TPSA) is 190 Å². The molecule has 0 unspecified atom stereocenters. The maximum absolute atomic E-state index is 12.1. The van der Waals surface area contributed by atoms with Crippen LogP contribution >= 0.6 is 8.17 Å². The Morgan fingerprint density at radius 3 is 2.87 bits per heavy atom. The van der Waals surface area contributed by atoms with Crippen LogP contribution in [0.1, 0.15) is 28.5 Å². The molecule has 4 atom stereocenters. The van der Waals surface area contributed by atoms with E-state index in [0.29, 0.717) is 11.1 Å². The summed E-state index contributed by atoms with van der Waals surface area (Å²) in [6.07, 6.45) is -2.17. The van der Waals surface area contributed by atoms with Gasteiger partial charge < -0.3 is 0 Å². The Kier molecular flexibility index (Phi) is 6.74. The molecule has 14 nitrogen and oxygen atoms in total. The molecule has 5 rings (SSSR count). The molecule has 2 aliphatic heterocycles. The second kappa shape index (κ2) is 9.88. The van der Waals surface area contributed by atoms with Gasteiger partial charge >= 0.3 is 216 Å². The fourth-order valence-corrected chi connectivity index (χ4v) is 6.13. The van der Waals surface area contributed by atoms with E-state index in [2.05, 4.69) is 16.2 Å². The zero-order chi connectivity index (χ0) is 27.1. The number of nitrogens with two attached hydrogens (primary N) is 1. The van der Waals surface area contributed by atoms with Crippen molar-refractivity contribution in [3.05, 3.63) is 59.5 Å². The summed E-state index contributed by atoms with van der Waals surface area (Å²) < 4.78 is 34.9. The van der Waals surface area contributed by atoms with Crippen molar-refractivity contribution in [2.75, 3.05) is 19.5 Å². The third-order valence-corrected chi connectivity index (χ3v) is 7.88. The van der Waals surface area contributed by atoms with E-state index in [0.717, 1.165) is 0 Å². The summed E-state index contributed by atoms with van der Waals surface area (Å²) >= 11 is 0. The predicted molar refractivity (Wildman–Crippen MR) is 129 cm³/mol. The second-order valence-electron chi connectivity index (χ2n) is 8.55. The van der Waals surface area contributed by atoms with Crippen LogP contribution in [-0.4, -0.2) is 63.5 Å². The Morgan fingerprint density at radius 1 is 1.34 bits per heavy atom. The first kappa shape index (κ1) is 25.9. The van der Waals surface area contributed by atoms with Crippen molar-refractivity contribution in [1.82, 2.24) is 14.6 Å². The molecule has 0 amide bonds. The van der Waals surface area contributed by atoms with E-state index in [1.807, 2.05) is 0 Å². The Labute approximate surface area is 216 Å². The van der Waals surface area contributed by atoms with Gasteiger partial charge in [-0.15, -0.1) is 0 Å². The van der Waals surface area contributed by atoms with Gasteiger partial charge in [0, 0.05) is 0 Å². The van der Waals surface area contributed by atoms with Crippen LogP contribution in [-0.2, 0) is 44.8 Å². The summed E-state index contributed by atoms with van der Waals surface area (Å²) in [5, 5.41) is 14.5. The van der Waals surface area contributed by atoms with Crippen LogP contribution in [0.15, 0.2) is 42.7 Å². The number of hydrogen-bond acceptors (Lipinski definition) is 13. The minimum absolute atomic E-state index is 0.167. The number of nitriles is 1. The van der Waals surface area contributed by atoms with Gasteiger partial charge in [0.1, 0.15) is 0 Å². The van der Waals surface area contributed by atoms with Crippen LogP contribution in [0, 0.1) is 11.3 Å². The van der Waals surface area contributed by atoms with Gasteiger partial charge in [0.15, 0.2) is 0 Å². The van der Waals surface area contributed by atoms with Gasteiger partial charge in [0.05, 0.1) is 0 Å². The van der Waals surface area contributed by atoms with Gasteiger partial charge in [-0.3, -0.25) is 0 Å².